The van der Waals surface area contributed by atoms with Crippen LogP contribution in [-0.2, 0) is 4.79 Å². The zero-order valence-electron chi connectivity index (χ0n) is 10.5. The summed E-state index contributed by atoms with van der Waals surface area (Å²) in [6, 6.07) is 5.48. The van der Waals surface area contributed by atoms with Crippen molar-refractivity contribution in [2.45, 2.75) is 19.4 Å². The van der Waals surface area contributed by atoms with E-state index in [0.717, 1.165) is 0 Å². The Balaban J connectivity index is 2.46. The van der Waals surface area contributed by atoms with Crippen molar-refractivity contribution in [3.63, 3.8) is 0 Å². The van der Waals surface area contributed by atoms with Gasteiger partial charge in [0.15, 0.2) is 6.61 Å². The molecular formula is C12H16N2O5. The summed E-state index contributed by atoms with van der Waals surface area (Å²) in [7, 11) is 0. The van der Waals surface area contributed by atoms with Crippen LogP contribution in [0.1, 0.15) is 13.3 Å². The average molecular weight is 268 g/mol. The lowest BCUT2D eigenvalue weighted by atomic mass is 10.2. The van der Waals surface area contributed by atoms with Gasteiger partial charge in [-0.3, -0.25) is 14.9 Å². The average Bonchev–Trinajstić information content (AvgIpc) is 2.37. The lowest BCUT2D eigenvalue weighted by Crippen LogP contribution is -2.36. The summed E-state index contributed by atoms with van der Waals surface area (Å²) >= 11 is 0. The van der Waals surface area contributed by atoms with E-state index in [9.17, 15) is 14.9 Å². The van der Waals surface area contributed by atoms with Crippen molar-refractivity contribution in [3.8, 4) is 5.75 Å². The van der Waals surface area contributed by atoms with Gasteiger partial charge in [0.25, 0.3) is 11.6 Å². The van der Waals surface area contributed by atoms with Crippen LogP contribution in [0, 0.1) is 10.1 Å². The highest BCUT2D eigenvalue weighted by Crippen LogP contribution is 2.18. The Morgan fingerprint density at radius 1 is 1.58 bits per heavy atom. The lowest BCUT2D eigenvalue weighted by molar-refractivity contribution is -0.384. The first-order valence-corrected chi connectivity index (χ1v) is 5.80. The lowest BCUT2D eigenvalue weighted by Gasteiger charge is -2.12. The Kier molecular flexibility index (Phi) is 5.74. The molecule has 7 nitrogen and oxygen atoms in total. The van der Waals surface area contributed by atoms with Crippen molar-refractivity contribution < 1.29 is 19.6 Å². The van der Waals surface area contributed by atoms with Crippen molar-refractivity contribution in [1.82, 2.24) is 5.32 Å². The second-order valence-corrected chi connectivity index (χ2v) is 4.02. The second kappa shape index (κ2) is 7.32. The zero-order chi connectivity index (χ0) is 14.3. The van der Waals surface area contributed by atoms with Crippen molar-refractivity contribution in [1.29, 1.82) is 0 Å². The summed E-state index contributed by atoms with van der Waals surface area (Å²) in [5.41, 5.74) is -0.0912. The van der Waals surface area contributed by atoms with E-state index in [-0.39, 0.29) is 36.6 Å². The van der Waals surface area contributed by atoms with E-state index in [1.165, 1.54) is 24.3 Å². The number of aliphatic hydroxyl groups is 1. The van der Waals surface area contributed by atoms with Crippen LogP contribution in [0.15, 0.2) is 24.3 Å². The third-order valence-corrected chi connectivity index (χ3v) is 2.37. The molecule has 0 fully saturated rings. The number of carbonyl (C=O) groups excluding carboxylic acids is 1. The summed E-state index contributed by atoms with van der Waals surface area (Å²) in [5.74, 6) is -0.0772. The Labute approximate surface area is 110 Å². The molecule has 1 amide bonds. The molecule has 0 heterocycles. The van der Waals surface area contributed by atoms with Crippen molar-refractivity contribution >= 4 is 11.6 Å². The van der Waals surface area contributed by atoms with Gasteiger partial charge in [-0.2, -0.15) is 0 Å². The molecule has 0 radical (unpaired) electrons. The number of nitrogens with one attached hydrogen (secondary N) is 1. The van der Waals surface area contributed by atoms with E-state index < -0.39 is 4.92 Å². The van der Waals surface area contributed by atoms with E-state index in [2.05, 4.69) is 5.32 Å². The van der Waals surface area contributed by atoms with Gasteiger partial charge < -0.3 is 15.2 Å². The number of rotatable bonds is 7. The Hall–Kier alpha value is -2.15. The second-order valence-electron chi connectivity index (χ2n) is 4.02. The highest BCUT2D eigenvalue weighted by atomic mass is 16.6. The zero-order valence-corrected chi connectivity index (χ0v) is 10.5. The van der Waals surface area contributed by atoms with Gasteiger partial charge >= 0.3 is 0 Å². The molecule has 0 aliphatic carbocycles. The number of benzene rings is 1. The summed E-state index contributed by atoms with van der Waals surface area (Å²) in [6.07, 6.45) is 0.461. The minimum atomic E-state index is -0.531. The summed E-state index contributed by atoms with van der Waals surface area (Å²) in [4.78, 5) is 21.5. The summed E-state index contributed by atoms with van der Waals surface area (Å²) in [6.45, 7) is 1.53. The largest absolute Gasteiger partial charge is 0.484 e. The first-order chi connectivity index (χ1) is 9.02. The first-order valence-electron chi connectivity index (χ1n) is 5.80. The summed E-state index contributed by atoms with van der Waals surface area (Å²) < 4.78 is 5.16. The molecule has 1 rings (SSSR count). The highest BCUT2D eigenvalue weighted by molar-refractivity contribution is 5.77. The quantitative estimate of drug-likeness (QED) is 0.564. The molecule has 2 N–H and O–H groups in total. The molecule has 0 aliphatic rings. The number of nitro groups is 1. The van der Waals surface area contributed by atoms with Gasteiger partial charge in [0.2, 0.25) is 0 Å². The molecule has 0 saturated carbocycles. The molecule has 0 saturated heterocycles. The van der Waals surface area contributed by atoms with Crippen LogP contribution in [-0.4, -0.2) is 35.2 Å². The van der Waals surface area contributed by atoms with E-state index in [4.69, 9.17) is 9.84 Å². The van der Waals surface area contributed by atoms with Gasteiger partial charge in [0.1, 0.15) is 5.75 Å². The number of hydrogen-bond acceptors (Lipinski definition) is 5. The summed E-state index contributed by atoms with van der Waals surface area (Å²) in [5, 5.41) is 21.9. The Bertz CT molecular complexity index is 450. The van der Waals surface area contributed by atoms with E-state index in [1.807, 2.05) is 0 Å². The molecule has 19 heavy (non-hydrogen) atoms. The number of nitrogens with zero attached hydrogens (tertiary/aromatic N) is 1. The maximum absolute atomic E-state index is 11.5. The van der Waals surface area contributed by atoms with Crippen LogP contribution in [0.2, 0.25) is 0 Å². The Morgan fingerprint density at radius 3 is 2.95 bits per heavy atom. The molecule has 104 valence electrons. The predicted molar refractivity (Wildman–Crippen MR) is 67.9 cm³/mol. The number of hydrogen-bond donors (Lipinski definition) is 2. The van der Waals surface area contributed by atoms with Gasteiger partial charge in [0, 0.05) is 18.7 Å². The molecule has 0 aliphatic heterocycles. The van der Waals surface area contributed by atoms with Crippen molar-refractivity contribution in [2.24, 2.45) is 0 Å². The van der Waals surface area contributed by atoms with E-state index >= 15 is 0 Å². The van der Waals surface area contributed by atoms with Crippen LogP contribution in [0.3, 0.4) is 0 Å². The Morgan fingerprint density at radius 2 is 2.32 bits per heavy atom. The highest BCUT2D eigenvalue weighted by Gasteiger charge is 2.09. The molecule has 1 unspecified atom stereocenters. The van der Waals surface area contributed by atoms with E-state index in [0.29, 0.717) is 6.42 Å². The number of carbonyl (C=O) groups is 1. The molecule has 1 aromatic rings. The minimum absolute atomic E-state index is 0.00676. The smallest absolute Gasteiger partial charge is 0.273 e. The van der Waals surface area contributed by atoms with Crippen LogP contribution in [0.25, 0.3) is 0 Å². The monoisotopic (exact) mass is 268 g/mol. The molecule has 0 spiro atoms. The van der Waals surface area contributed by atoms with E-state index in [1.54, 1.807) is 6.92 Å². The van der Waals surface area contributed by atoms with Crippen LogP contribution in [0.4, 0.5) is 5.69 Å². The molecule has 0 bridgehead atoms. The van der Waals surface area contributed by atoms with Crippen molar-refractivity contribution in [3.05, 3.63) is 34.4 Å². The molecule has 1 atom stereocenters. The fourth-order valence-corrected chi connectivity index (χ4v) is 1.42. The van der Waals surface area contributed by atoms with Crippen LogP contribution >= 0.6 is 0 Å². The van der Waals surface area contributed by atoms with Gasteiger partial charge in [0.05, 0.1) is 11.0 Å². The standard InChI is InChI=1S/C12H16N2O5/c1-9(5-6-15)13-12(16)8-19-11-4-2-3-10(7-11)14(17)18/h2-4,7,9,15H,5-6,8H2,1H3,(H,13,16). The predicted octanol–water partition coefficient (Wildman–Crippen LogP) is 0.861. The SMILES string of the molecule is CC(CCO)NC(=O)COc1cccc([N+](=O)[O-])c1. The number of amides is 1. The molecular weight excluding hydrogens is 252 g/mol. The topological polar surface area (TPSA) is 102 Å². The van der Waals surface area contributed by atoms with Gasteiger partial charge in [-0.1, -0.05) is 6.07 Å². The van der Waals surface area contributed by atoms with Crippen molar-refractivity contribution in [2.75, 3.05) is 13.2 Å². The normalized spacial score (nSPS) is 11.7. The maximum Gasteiger partial charge on any atom is 0.273 e. The third kappa shape index (κ3) is 5.35. The number of ether oxygens (including phenoxy) is 1. The maximum atomic E-state index is 11.5. The fraction of sp³-hybridized carbons (Fsp3) is 0.417. The van der Waals surface area contributed by atoms with Gasteiger partial charge in [-0.25, -0.2) is 0 Å². The van der Waals surface area contributed by atoms with Gasteiger partial charge in [-0.05, 0) is 19.4 Å². The van der Waals surface area contributed by atoms with Crippen LogP contribution < -0.4 is 10.1 Å². The number of aliphatic hydroxyl groups excluding tert-OH is 1. The number of non-ortho nitro benzene ring substituents is 1. The molecule has 1 aromatic carbocycles. The third-order valence-electron chi connectivity index (χ3n) is 2.37. The van der Waals surface area contributed by atoms with Crippen LogP contribution in [0.5, 0.6) is 5.75 Å². The van der Waals surface area contributed by atoms with Gasteiger partial charge in [-0.15, -0.1) is 0 Å². The molecule has 7 heteroatoms. The molecule has 0 aromatic heterocycles. The first kappa shape index (κ1) is 14.9. The number of nitro benzene ring substituents is 1. The minimum Gasteiger partial charge on any atom is -0.484 e. The fourth-order valence-electron chi connectivity index (χ4n) is 1.42.